The molecule has 17 heavy (non-hydrogen) atoms. The highest BCUT2D eigenvalue weighted by atomic mass is 35.5. The second kappa shape index (κ2) is 5.01. The van der Waals surface area contributed by atoms with Crippen LogP contribution in [0.3, 0.4) is 0 Å². The zero-order valence-corrected chi connectivity index (χ0v) is 9.59. The molecule has 0 fully saturated rings. The maximum absolute atomic E-state index is 13.4. The number of hydrogen-bond acceptors (Lipinski definition) is 1. The van der Waals surface area contributed by atoms with E-state index in [0.717, 1.165) is 5.69 Å². The van der Waals surface area contributed by atoms with Crippen LogP contribution in [-0.4, -0.2) is 10.9 Å². The van der Waals surface area contributed by atoms with Crippen LogP contribution in [-0.2, 0) is 6.54 Å². The first kappa shape index (κ1) is 11.7. The van der Waals surface area contributed by atoms with E-state index in [1.807, 2.05) is 12.1 Å². The summed E-state index contributed by atoms with van der Waals surface area (Å²) in [5, 5.41) is 2.69. The number of nitrogens with one attached hydrogen (secondary N) is 2. The van der Waals surface area contributed by atoms with Crippen LogP contribution < -0.4 is 5.32 Å². The molecule has 2 rings (SSSR count). The van der Waals surface area contributed by atoms with Gasteiger partial charge in [0.25, 0.3) is 5.91 Å². The Kier molecular flexibility index (Phi) is 3.44. The number of carbonyl (C=O) groups is 1. The predicted molar refractivity (Wildman–Crippen MR) is 63.4 cm³/mol. The molecule has 0 radical (unpaired) electrons. The van der Waals surface area contributed by atoms with E-state index in [2.05, 4.69) is 10.3 Å². The van der Waals surface area contributed by atoms with Gasteiger partial charge in [-0.15, -0.1) is 0 Å². The van der Waals surface area contributed by atoms with E-state index in [4.69, 9.17) is 11.6 Å². The monoisotopic (exact) mass is 252 g/mol. The van der Waals surface area contributed by atoms with E-state index in [1.54, 1.807) is 6.20 Å². The van der Waals surface area contributed by atoms with Crippen molar-refractivity contribution in [3.05, 3.63) is 58.6 Å². The summed E-state index contributed by atoms with van der Waals surface area (Å²) in [6.07, 6.45) is 1.75. The van der Waals surface area contributed by atoms with Gasteiger partial charge in [-0.3, -0.25) is 4.79 Å². The minimum absolute atomic E-state index is 0.106. The summed E-state index contributed by atoms with van der Waals surface area (Å²) >= 11 is 5.78. The number of aromatic nitrogens is 1. The molecule has 0 unspecified atom stereocenters. The van der Waals surface area contributed by atoms with Crippen LogP contribution in [0.4, 0.5) is 4.39 Å². The van der Waals surface area contributed by atoms with E-state index in [-0.39, 0.29) is 10.6 Å². The molecular formula is C12H10ClFN2O. The second-order valence-electron chi connectivity index (χ2n) is 3.47. The Labute approximate surface area is 103 Å². The van der Waals surface area contributed by atoms with Gasteiger partial charge in [0.05, 0.1) is 17.1 Å². The highest BCUT2D eigenvalue weighted by Gasteiger charge is 2.15. The molecule has 2 N–H and O–H groups in total. The first-order valence-corrected chi connectivity index (χ1v) is 5.41. The number of amides is 1. The Morgan fingerprint density at radius 1 is 1.35 bits per heavy atom. The zero-order valence-electron chi connectivity index (χ0n) is 8.84. The maximum atomic E-state index is 13.4. The first-order valence-electron chi connectivity index (χ1n) is 5.03. The van der Waals surface area contributed by atoms with E-state index >= 15 is 0 Å². The van der Waals surface area contributed by atoms with Crippen LogP contribution in [0, 0.1) is 5.82 Å². The van der Waals surface area contributed by atoms with Gasteiger partial charge < -0.3 is 10.3 Å². The Hall–Kier alpha value is -1.81. The molecule has 0 bridgehead atoms. The van der Waals surface area contributed by atoms with Gasteiger partial charge in [0, 0.05) is 11.9 Å². The van der Waals surface area contributed by atoms with Crippen molar-refractivity contribution in [1.29, 1.82) is 0 Å². The molecule has 1 heterocycles. The number of aromatic amines is 1. The summed E-state index contributed by atoms with van der Waals surface area (Å²) in [7, 11) is 0. The lowest BCUT2D eigenvalue weighted by Gasteiger charge is -2.06. The quantitative estimate of drug-likeness (QED) is 0.867. The normalized spacial score (nSPS) is 10.2. The van der Waals surface area contributed by atoms with Crippen LogP contribution in [0.15, 0.2) is 36.5 Å². The molecule has 88 valence electrons. The van der Waals surface area contributed by atoms with E-state index in [1.165, 1.54) is 18.2 Å². The summed E-state index contributed by atoms with van der Waals surface area (Å²) in [5.41, 5.74) is 0.714. The van der Waals surface area contributed by atoms with Crippen molar-refractivity contribution < 1.29 is 9.18 Å². The molecule has 0 spiro atoms. The average molecular weight is 253 g/mol. The smallest absolute Gasteiger partial charge is 0.256 e. The van der Waals surface area contributed by atoms with Crippen molar-refractivity contribution in [3.8, 4) is 0 Å². The fourth-order valence-electron chi connectivity index (χ4n) is 1.46. The van der Waals surface area contributed by atoms with Gasteiger partial charge in [-0.1, -0.05) is 17.7 Å². The molecule has 5 heteroatoms. The van der Waals surface area contributed by atoms with Gasteiger partial charge in [-0.2, -0.15) is 0 Å². The third-order valence-electron chi connectivity index (χ3n) is 2.29. The summed E-state index contributed by atoms with van der Waals surface area (Å²) in [4.78, 5) is 14.7. The molecular weight excluding hydrogens is 243 g/mol. The number of rotatable bonds is 3. The van der Waals surface area contributed by atoms with E-state index in [9.17, 15) is 9.18 Å². The Bertz CT molecular complexity index is 505. The zero-order chi connectivity index (χ0) is 12.3. The number of carbonyl (C=O) groups excluding carboxylic acids is 1. The van der Waals surface area contributed by atoms with Crippen molar-refractivity contribution >= 4 is 17.5 Å². The molecule has 0 aliphatic rings. The Balaban J connectivity index is 2.10. The lowest BCUT2D eigenvalue weighted by molar-refractivity contribution is 0.0946. The van der Waals surface area contributed by atoms with Crippen LogP contribution >= 0.6 is 11.6 Å². The first-order chi connectivity index (χ1) is 8.18. The number of benzene rings is 1. The third kappa shape index (κ3) is 2.65. The van der Waals surface area contributed by atoms with Gasteiger partial charge in [-0.05, 0) is 24.3 Å². The van der Waals surface area contributed by atoms with Gasteiger partial charge in [0.2, 0.25) is 0 Å². The molecule has 1 aromatic carbocycles. The Morgan fingerprint density at radius 2 is 2.18 bits per heavy atom. The lowest BCUT2D eigenvalue weighted by Crippen LogP contribution is -2.24. The molecule has 2 aromatic rings. The minimum Gasteiger partial charge on any atom is -0.364 e. The van der Waals surface area contributed by atoms with Crippen molar-refractivity contribution in [2.75, 3.05) is 0 Å². The fraction of sp³-hybridized carbons (Fsp3) is 0.0833. The summed E-state index contributed by atoms with van der Waals surface area (Å²) in [5.74, 6) is -1.15. The molecule has 1 aromatic heterocycles. The van der Waals surface area contributed by atoms with Crippen molar-refractivity contribution in [2.45, 2.75) is 6.54 Å². The fourth-order valence-corrected chi connectivity index (χ4v) is 1.70. The average Bonchev–Trinajstić information content (AvgIpc) is 2.79. The van der Waals surface area contributed by atoms with Crippen LogP contribution in [0.2, 0.25) is 5.02 Å². The van der Waals surface area contributed by atoms with Crippen molar-refractivity contribution in [3.63, 3.8) is 0 Å². The molecule has 3 nitrogen and oxygen atoms in total. The minimum atomic E-state index is -0.624. The summed E-state index contributed by atoms with van der Waals surface area (Å²) in [6, 6.07) is 7.78. The number of halogens is 2. The summed E-state index contributed by atoms with van der Waals surface area (Å²) in [6.45, 7) is 0.302. The number of hydrogen-bond donors (Lipinski definition) is 2. The van der Waals surface area contributed by atoms with Crippen LogP contribution in [0.25, 0.3) is 0 Å². The number of H-pyrrole nitrogens is 1. The highest BCUT2D eigenvalue weighted by Crippen LogP contribution is 2.18. The molecule has 0 aliphatic heterocycles. The van der Waals surface area contributed by atoms with E-state index < -0.39 is 11.7 Å². The second-order valence-corrected chi connectivity index (χ2v) is 3.88. The van der Waals surface area contributed by atoms with Crippen molar-refractivity contribution in [2.24, 2.45) is 0 Å². The van der Waals surface area contributed by atoms with Crippen LogP contribution in [0.5, 0.6) is 0 Å². The van der Waals surface area contributed by atoms with Gasteiger partial charge in [0.1, 0.15) is 5.82 Å². The predicted octanol–water partition coefficient (Wildman–Crippen LogP) is 2.74. The molecule has 1 amide bonds. The summed E-state index contributed by atoms with van der Waals surface area (Å²) < 4.78 is 13.4. The van der Waals surface area contributed by atoms with Gasteiger partial charge in [-0.25, -0.2) is 4.39 Å². The molecule has 0 saturated heterocycles. The molecule has 0 atom stereocenters. The molecule has 0 saturated carbocycles. The standard InChI is InChI=1S/C12H10ClFN2O/c13-9-4-1-5-10(14)11(9)12(17)16-7-8-3-2-6-15-8/h1-6,15H,7H2,(H,16,17). The SMILES string of the molecule is O=C(NCc1ccc[nH]1)c1c(F)cccc1Cl. The molecule has 0 aliphatic carbocycles. The van der Waals surface area contributed by atoms with Crippen molar-refractivity contribution in [1.82, 2.24) is 10.3 Å². The topological polar surface area (TPSA) is 44.9 Å². The van der Waals surface area contributed by atoms with Gasteiger partial charge in [0.15, 0.2) is 0 Å². The maximum Gasteiger partial charge on any atom is 0.256 e. The van der Waals surface area contributed by atoms with E-state index in [0.29, 0.717) is 6.54 Å². The van der Waals surface area contributed by atoms with Crippen LogP contribution in [0.1, 0.15) is 16.1 Å². The van der Waals surface area contributed by atoms with Gasteiger partial charge >= 0.3 is 0 Å². The third-order valence-corrected chi connectivity index (χ3v) is 2.61. The lowest BCUT2D eigenvalue weighted by atomic mass is 10.2. The Morgan fingerprint density at radius 3 is 2.82 bits per heavy atom. The highest BCUT2D eigenvalue weighted by molar-refractivity contribution is 6.33. The largest absolute Gasteiger partial charge is 0.364 e.